The summed E-state index contributed by atoms with van der Waals surface area (Å²) >= 11 is 7.33. The highest BCUT2D eigenvalue weighted by Gasteiger charge is 2.33. The third-order valence-corrected chi connectivity index (χ3v) is 5.96. The lowest BCUT2D eigenvalue weighted by atomic mass is 10.2. The zero-order valence-corrected chi connectivity index (χ0v) is 18.4. The zero-order valence-electron chi connectivity index (χ0n) is 16.8. The Morgan fingerprint density at radius 1 is 1.20 bits per heavy atom. The van der Waals surface area contributed by atoms with Crippen LogP contribution in [0, 0.1) is 0 Å². The number of carbonyl (C=O) groups is 1. The lowest BCUT2D eigenvalue weighted by Crippen LogP contribution is -2.28. The molecule has 0 atom stereocenters. The first-order chi connectivity index (χ1) is 14.2. The molecule has 1 aromatic heterocycles. The maximum absolute atomic E-state index is 13.0. The first-order valence-corrected chi connectivity index (χ1v) is 10.6. The second-order valence-electron chi connectivity index (χ2n) is 7.63. The Balaban J connectivity index is 1.55. The molecule has 2 aromatic carbocycles. The number of rotatable bonds is 6. The summed E-state index contributed by atoms with van der Waals surface area (Å²) in [5, 5.41) is 11.3. The number of aliphatic hydroxyl groups is 1. The Bertz CT molecular complexity index is 1090. The molecule has 1 aliphatic heterocycles. The molecule has 0 radical (unpaired) electrons. The van der Waals surface area contributed by atoms with Crippen molar-refractivity contribution in [3.63, 3.8) is 0 Å². The highest BCUT2D eigenvalue weighted by Crippen LogP contribution is 2.39. The molecule has 0 unspecified atom stereocenters. The molecule has 0 aliphatic carbocycles. The molecule has 30 heavy (non-hydrogen) atoms. The molecule has 3 aromatic rings. The summed E-state index contributed by atoms with van der Waals surface area (Å²) in [7, 11) is 1.54. The molecule has 6 nitrogen and oxygen atoms in total. The molecule has 156 valence electrons. The van der Waals surface area contributed by atoms with E-state index < -0.39 is 5.60 Å². The summed E-state index contributed by atoms with van der Waals surface area (Å²) in [5.74, 6) is 0.914. The Labute approximate surface area is 183 Å². The van der Waals surface area contributed by atoms with E-state index in [1.54, 1.807) is 44.1 Å². The largest absolute Gasteiger partial charge is 0.493 e. The maximum Gasteiger partial charge on any atom is 0.270 e. The van der Waals surface area contributed by atoms with E-state index in [-0.39, 0.29) is 12.5 Å². The Kier molecular flexibility index (Phi) is 5.44. The van der Waals surface area contributed by atoms with Crippen LogP contribution >= 0.6 is 22.9 Å². The van der Waals surface area contributed by atoms with Crippen LogP contribution in [0.5, 0.6) is 11.5 Å². The van der Waals surface area contributed by atoms with Gasteiger partial charge in [-0.15, -0.1) is 11.3 Å². The zero-order chi connectivity index (χ0) is 21.5. The SMILES string of the molecule is COc1cc(N2Cc3nc(-c4ccc(Cl)cc4)sc3C2=O)ccc1OCC(C)(C)O. The summed E-state index contributed by atoms with van der Waals surface area (Å²) in [6.07, 6.45) is 0. The molecule has 8 heteroatoms. The predicted octanol–water partition coefficient (Wildman–Crippen LogP) is 4.78. The van der Waals surface area contributed by atoms with Crippen LogP contribution in [0.1, 0.15) is 29.2 Å². The topological polar surface area (TPSA) is 71.9 Å². The number of benzene rings is 2. The van der Waals surface area contributed by atoms with Crippen molar-refractivity contribution in [3.8, 4) is 22.1 Å². The Morgan fingerprint density at radius 2 is 1.93 bits per heavy atom. The molecular formula is C22H21ClN2O4S. The molecule has 0 saturated carbocycles. The summed E-state index contributed by atoms with van der Waals surface area (Å²) in [4.78, 5) is 20.0. The molecule has 0 spiro atoms. The van der Waals surface area contributed by atoms with Gasteiger partial charge in [-0.1, -0.05) is 23.7 Å². The van der Waals surface area contributed by atoms with E-state index in [2.05, 4.69) is 4.98 Å². The van der Waals surface area contributed by atoms with Gasteiger partial charge < -0.3 is 19.5 Å². The van der Waals surface area contributed by atoms with Crippen LogP contribution < -0.4 is 14.4 Å². The number of hydrogen-bond acceptors (Lipinski definition) is 6. The molecule has 1 N–H and O–H groups in total. The molecule has 1 amide bonds. The number of anilines is 1. The predicted molar refractivity (Wildman–Crippen MR) is 118 cm³/mol. The van der Waals surface area contributed by atoms with E-state index in [1.165, 1.54) is 11.3 Å². The first-order valence-electron chi connectivity index (χ1n) is 9.36. The van der Waals surface area contributed by atoms with Crippen LogP contribution in [0.3, 0.4) is 0 Å². The van der Waals surface area contributed by atoms with Crippen molar-refractivity contribution < 1.29 is 19.4 Å². The van der Waals surface area contributed by atoms with Gasteiger partial charge in [-0.2, -0.15) is 0 Å². The molecule has 2 heterocycles. The van der Waals surface area contributed by atoms with Crippen molar-refractivity contribution in [1.82, 2.24) is 4.98 Å². The van der Waals surface area contributed by atoms with Gasteiger partial charge in [-0.25, -0.2) is 4.98 Å². The van der Waals surface area contributed by atoms with Crippen molar-refractivity contribution in [1.29, 1.82) is 0 Å². The number of methoxy groups -OCH3 is 1. The van der Waals surface area contributed by atoms with E-state index in [9.17, 15) is 9.90 Å². The van der Waals surface area contributed by atoms with Crippen molar-refractivity contribution in [3.05, 3.63) is 58.1 Å². The number of amides is 1. The molecule has 0 saturated heterocycles. The van der Waals surface area contributed by atoms with E-state index in [4.69, 9.17) is 21.1 Å². The normalized spacial score (nSPS) is 13.5. The minimum Gasteiger partial charge on any atom is -0.493 e. The Morgan fingerprint density at radius 3 is 2.57 bits per heavy atom. The smallest absolute Gasteiger partial charge is 0.270 e. The number of fused-ring (bicyclic) bond motifs is 1. The van der Waals surface area contributed by atoms with Crippen molar-refractivity contribution >= 4 is 34.5 Å². The fourth-order valence-corrected chi connectivity index (χ4v) is 4.25. The number of aromatic nitrogens is 1. The van der Waals surface area contributed by atoms with Gasteiger partial charge in [0, 0.05) is 22.3 Å². The number of ether oxygens (including phenoxy) is 2. The average molecular weight is 445 g/mol. The van der Waals surface area contributed by atoms with E-state index in [1.807, 2.05) is 24.3 Å². The van der Waals surface area contributed by atoms with Crippen LogP contribution in [0.2, 0.25) is 5.02 Å². The maximum atomic E-state index is 13.0. The monoisotopic (exact) mass is 444 g/mol. The van der Waals surface area contributed by atoms with Crippen LogP contribution in [-0.2, 0) is 6.54 Å². The minimum absolute atomic E-state index is 0.0880. The first kappa shape index (κ1) is 20.7. The number of halogens is 1. The highest BCUT2D eigenvalue weighted by atomic mass is 35.5. The quantitative estimate of drug-likeness (QED) is 0.592. The third kappa shape index (κ3) is 4.14. The fourth-order valence-electron chi connectivity index (χ4n) is 3.09. The van der Waals surface area contributed by atoms with Crippen molar-refractivity contribution in [2.75, 3.05) is 18.6 Å². The fraction of sp³-hybridized carbons (Fsp3) is 0.273. The van der Waals surface area contributed by atoms with Gasteiger partial charge in [0.25, 0.3) is 5.91 Å². The van der Waals surface area contributed by atoms with Gasteiger partial charge in [-0.05, 0) is 38.1 Å². The van der Waals surface area contributed by atoms with E-state index in [0.29, 0.717) is 33.6 Å². The lowest BCUT2D eigenvalue weighted by molar-refractivity contribution is 0.0276. The van der Waals surface area contributed by atoms with Crippen molar-refractivity contribution in [2.24, 2.45) is 0 Å². The van der Waals surface area contributed by atoms with Crippen LogP contribution in [0.4, 0.5) is 5.69 Å². The van der Waals surface area contributed by atoms with E-state index >= 15 is 0 Å². The summed E-state index contributed by atoms with van der Waals surface area (Å²) in [6, 6.07) is 12.7. The van der Waals surface area contributed by atoms with Gasteiger partial charge >= 0.3 is 0 Å². The van der Waals surface area contributed by atoms with Gasteiger partial charge in [0.1, 0.15) is 16.5 Å². The number of hydrogen-bond donors (Lipinski definition) is 1. The van der Waals surface area contributed by atoms with Gasteiger partial charge in [0.2, 0.25) is 0 Å². The molecular weight excluding hydrogens is 424 g/mol. The van der Waals surface area contributed by atoms with Crippen molar-refractivity contribution in [2.45, 2.75) is 26.0 Å². The van der Waals surface area contributed by atoms with Crippen LogP contribution in [0.25, 0.3) is 10.6 Å². The number of nitrogens with zero attached hydrogens (tertiary/aromatic N) is 2. The third-order valence-electron chi connectivity index (χ3n) is 4.58. The average Bonchev–Trinajstić information content (AvgIpc) is 3.26. The van der Waals surface area contributed by atoms with Crippen LogP contribution in [-0.4, -0.2) is 35.3 Å². The second kappa shape index (κ2) is 7.91. The second-order valence-corrected chi connectivity index (χ2v) is 9.06. The minimum atomic E-state index is -0.962. The van der Waals surface area contributed by atoms with Gasteiger partial charge in [0.05, 0.1) is 24.9 Å². The van der Waals surface area contributed by atoms with Crippen LogP contribution in [0.15, 0.2) is 42.5 Å². The highest BCUT2D eigenvalue weighted by molar-refractivity contribution is 7.17. The summed E-state index contributed by atoms with van der Waals surface area (Å²) < 4.78 is 11.1. The molecule has 0 bridgehead atoms. The number of thiazole rings is 1. The summed E-state index contributed by atoms with van der Waals surface area (Å²) in [5.41, 5.74) is 1.44. The van der Waals surface area contributed by atoms with E-state index in [0.717, 1.165) is 16.3 Å². The Hall–Kier alpha value is -2.61. The molecule has 1 aliphatic rings. The van der Waals surface area contributed by atoms with Gasteiger partial charge in [-0.3, -0.25) is 4.79 Å². The summed E-state index contributed by atoms with van der Waals surface area (Å²) in [6.45, 7) is 3.85. The molecule has 4 rings (SSSR count). The molecule has 0 fully saturated rings. The van der Waals surface area contributed by atoms with Gasteiger partial charge in [0.15, 0.2) is 11.5 Å². The lowest BCUT2D eigenvalue weighted by Gasteiger charge is -2.21. The number of carbonyl (C=O) groups excluding carboxylic acids is 1. The standard InChI is InChI=1S/C22H21ClN2O4S/c1-22(2,27)12-29-17-9-8-15(10-18(17)28-3)25-11-16-19(21(25)26)30-20(24-16)13-4-6-14(23)7-5-13/h4-10,27H,11-12H2,1-3H3.